The Kier molecular flexibility index (Phi) is 4.98. The van der Waals surface area contributed by atoms with Crippen LogP contribution in [0.25, 0.3) is 0 Å². The first-order chi connectivity index (χ1) is 7.76. The minimum Gasteiger partial charge on any atom is -0.396 e. The van der Waals surface area contributed by atoms with Crippen molar-refractivity contribution in [3.63, 3.8) is 0 Å². The van der Waals surface area contributed by atoms with Crippen molar-refractivity contribution in [3.05, 3.63) is 0 Å². The summed E-state index contributed by atoms with van der Waals surface area (Å²) in [7, 11) is -2.94. The Bertz CT molecular complexity index is 338. The van der Waals surface area contributed by atoms with Gasteiger partial charge in [-0.2, -0.15) is 0 Å². The first-order valence-corrected chi connectivity index (χ1v) is 8.25. The predicted molar refractivity (Wildman–Crippen MR) is 69.8 cm³/mol. The largest absolute Gasteiger partial charge is 0.396 e. The van der Waals surface area contributed by atoms with Gasteiger partial charge in [0, 0.05) is 25.4 Å². The van der Waals surface area contributed by atoms with Crippen LogP contribution in [0.5, 0.6) is 0 Å². The topological polar surface area (TPSA) is 66.4 Å². The Hall–Kier alpha value is -0.130. The first kappa shape index (κ1) is 14.9. The van der Waals surface area contributed by atoms with E-state index in [9.17, 15) is 8.42 Å². The zero-order chi connectivity index (χ0) is 13.1. The standard InChI is InChI=1S/C12H25NO3S/c1-12(2,7-8-14)9-13-10-5-4-6-11(10)17(3,15)16/h10-11,13-14H,4-9H2,1-3H3. The minimum absolute atomic E-state index is 0.0133. The average molecular weight is 263 g/mol. The third-order valence-electron chi connectivity index (χ3n) is 3.63. The van der Waals surface area contributed by atoms with Crippen LogP contribution in [-0.2, 0) is 9.84 Å². The molecule has 1 fully saturated rings. The molecule has 102 valence electrons. The van der Waals surface area contributed by atoms with E-state index >= 15 is 0 Å². The number of hydrogen-bond acceptors (Lipinski definition) is 4. The van der Waals surface area contributed by atoms with Gasteiger partial charge in [0.15, 0.2) is 9.84 Å². The molecule has 0 saturated heterocycles. The van der Waals surface area contributed by atoms with Crippen LogP contribution in [0, 0.1) is 5.41 Å². The van der Waals surface area contributed by atoms with Crippen molar-refractivity contribution in [1.29, 1.82) is 0 Å². The van der Waals surface area contributed by atoms with Gasteiger partial charge < -0.3 is 10.4 Å². The van der Waals surface area contributed by atoms with Crippen LogP contribution in [0.3, 0.4) is 0 Å². The van der Waals surface area contributed by atoms with E-state index in [0.717, 1.165) is 32.2 Å². The fourth-order valence-electron chi connectivity index (χ4n) is 2.47. The summed E-state index contributed by atoms with van der Waals surface area (Å²) in [6.07, 6.45) is 4.76. The summed E-state index contributed by atoms with van der Waals surface area (Å²) in [6, 6.07) is 0.0861. The summed E-state index contributed by atoms with van der Waals surface area (Å²) >= 11 is 0. The van der Waals surface area contributed by atoms with E-state index in [1.165, 1.54) is 6.26 Å². The number of aliphatic hydroxyl groups is 1. The molecule has 0 radical (unpaired) electrons. The SMILES string of the molecule is CC(C)(CCO)CNC1CCCC1S(C)(=O)=O. The molecule has 0 bridgehead atoms. The smallest absolute Gasteiger partial charge is 0.151 e. The molecule has 17 heavy (non-hydrogen) atoms. The van der Waals surface area contributed by atoms with Crippen LogP contribution in [0.4, 0.5) is 0 Å². The highest BCUT2D eigenvalue weighted by Crippen LogP contribution is 2.26. The van der Waals surface area contributed by atoms with Crippen LogP contribution in [0.15, 0.2) is 0 Å². The molecule has 2 unspecified atom stereocenters. The summed E-state index contributed by atoms with van der Waals surface area (Å²) in [5.41, 5.74) is 0.0133. The van der Waals surface area contributed by atoms with Gasteiger partial charge in [-0.1, -0.05) is 20.3 Å². The fourth-order valence-corrected chi connectivity index (χ4v) is 3.89. The van der Waals surface area contributed by atoms with E-state index in [1.54, 1.807) is 0 Å². The van der Waals surface area contributed by atoms with E-state index in [-0.39, 0.29) is 23.3 Å². The van der Waals surface area contributed by atoms with Gasteiger partial charge in [0.05, 0.1) is 5.25 Å². The third-order valence-corrected chi connectivity index (χ3v) is 5.30. The number of hydrogen-bond donors (Lipinski definition) is 2. The molecule has 1 aliphatic rings. The molecule has 0 aromatic rings. The van der Waals surface area contributed by atoms with E-state index in [0.29, 0.717) is 0 Å². The Morgan fingerprint density at radius 2 is 2.00 bits per heavy atom. The van der Waals surface area contributed by atoms with Crippen LogP contribution < -0.4 is 5.32 Å². The van der Waals surface area contributed by atoms with Crippen molar-refractivity contribution in [2.24, 2.45) is 5.41 Å². The van der Waals surface area contributed by atoms with Crippen LogP contribution in [-0.4, -0.2) is 44.2 Å². The maximum absolute atomic E-state index is 11.6. The zero-order valence-electron chi connectivity index (χ0n) is 11.1. The molecule has 1 saturated carbocycles. The monoisotopic (exact) mass is 263 g/mol. The molecule has 0 spiro atoms. The predicted octanol–water partition coefficient (Wildman–Crippen LogP) is 0.950. The van der Waals surface area contributed by atoms with Crippen LogP contribution in [0.2, 0.25) is 0 Å². The normalized spacial score (nSPS) is 26.4. The Morgan fingerprint density at radius 1 is 1.35 bits per heavy atom. The van der Waals surface area contributed by atoms with E-state index < -0.39 is 9.84 Å². The van der Waals surface area contributed by atoms with Crippen molar-refractivity contribution in [3.8, 4) is 0 Å². The maximum atomic E-state index is 11.6. The molecule has 0 aliphatic heterocycles. The number of nitrogens with one attached hydrogen (secondary N) is 1. The molecule has 2 N–H and O–H groups in total. The fraction of sp³-hybridized carbons (Fsp3) is 1.00. The summed E-state index contributed by atoms with van der Waals surface area (Å²) < 4.78 is 23.2. The summed E-state index contributed by atoms with van der Waals surface area (Å²) in [5.74, 6) is 0. The van der Waals surface area contributed by atoms with Gasteiger partial charge in [0.25, 0.3) is 0 Å². The molecule has 0 amide bonds. The highest BCUT2D eigenvalue weighted by atomic mass is 32.2. The van der Waals surface area contributed by atoms with E-state index in [4.69, 9.17) is 5.11 Å². The summed E-state index contributed by atoms with van der Waals surface area (Å²) in [4.78, 5) is 0. The Morgan fingerprint density at radius 3 is 2.53 bits per heavy atom. The summed E-state index contributed by atoms with van der Waals surface area (Å²) in [6.45, 7) is 5.10. The van der Waals surface area contributed by atoms with Gasteiger partial charge in [-0.25, -0.2) is 8.42 Å². The van der Waals surface area contributed by atoms with Gasteiger partial charge in [-0.3, -0.25) is 0 Å². The number of sulfone groups is 1. The molecule has 1 aliphatic carbocycles. The van der Waals surface area contributed by atoms with E-state index in [2.05, 4.69) is 19.2 Å². The number of aliphatic hydroxyl groups excluding tert-OH is 1. The van der Waals surface area contributed by atoms with Gasteiger partial charge in [-0.15, -0.1) is 0 Å². The van der Waals surface area contributed by atoms with Crippen molar-refractivity contribution in [2.75, 3.05) is 19.4 Å². The summed E-state index contributed by atoms with van der Waals surface area (Å²) in [5, 5.41) is 12.1. The molecule has 0 aromatic heterocycles. The Labute approximate surface area is 105 Å². The third kappa shape index (κ3) is 4.56. The van der Waals surface area contributed by atoms with Gasteiger partial charge in [-0.05, 0) is 24.7 Å². The molecule has 0 heterocycles. The second-order valence-corrected chi connectivity index (χ2v) is 8.19. The lowest BCUT2D eigenvalue weighted by Gasteiger charge is -2.28. The second-order valence-electron chi connectivity index (χ2n) is 5.92. The zero-order valence-corrected chi connectivity index (χ0v) is 11.9. The van der Waals surface area contributed by atoms with Gasteiger partial charge in [0.2, 0.25) is 0 Å². The molecule has 2 atom stereocenters. The quantitative estimate of drug-likeness (QED) is 0.749. The lowest BCUT2D eigenvalue weighted by Crippen LogP contribution is -2.44. The van der Waals surface area contributed by atoms with Crippen LogP contribution >= 0.6 is 0 Å². The molecule has 5 heteroatoms. The average Bonchev–Trinajstić information content (AvgIpc) is 2.61. The van der Waals surface area contributed by atoms with Crippen molar-refractivity contribution < 1.29 is 13.5 Å². The van der Waals surface area contributed by atoms with Crippen LogP contribution in [0.1, 0.15) is 39.5 Å². The molecule has 0 aromatic carbocycles. The minimum atomic E-state index is -2.94. The van der Waals surface area contributed by atoms with Crippen molar-refractivity contribution in [1.82, 2.24) is 5.32 Å². The second kappa shape index (κ2) is 5.67. The molecule has 4 nitrogen and oxygen atoms in total. The van der Waals surface area contributed by atoms with Gasteiger partial charge >= 0.3 is 0 Å². The lowest BCUT2D eigenvalue weighted by atomic mass is 9.89. The first-order valence-electron chi connectivity index (χ1n) is 6.29. The molecular formula is C12H25NO3S. The molecule has 1 rings (SSSR count). The highest BCUT2D eigenvalue weighted by Gasteiger charge is 2.35. The lowest BCUT2D eigenvalue weighted by molar-refractivity contribution is 0.203. The number of rotatable bonds is 6. The highest BCUT2D eigenvalue weighted by molar-refractivity contribution is 7.91. The van der Waals surface area contributed by atoms with E-state index in [1.807, 2.05) is 0 Å². The molecular weight excluding hydrogens is 238 g/mol. The van der Waals surface area contributed by atoms with Crippen molar-refractivity contribution >= 4 is 9.84 Å². The maximum Gasteiger partial charge on any atom is 0.151 e. The van der Waals surface area contributed by atoms with Gasteiger partial charge in [0.1, 0.15) is 0 Å². The Balaban J connectivity index is 2.52. The van der Waals surface area contributed by atoms with Crippen molar-refractivity contribution in [2.45, 2.75) is 50.8 Å².